The van der Waals surface area contributed by atoms with Crippen LogP contribution in [0.25, 0.3) is 0 Å². The minimum atomic E-state index is -0.608. The minimum absolute atomic E-state index is 0.272. The molecule has 0 bridgehead atoms. The van der Waals surface area contributed by atoms with E-state index in [0.29, 0.717) is 0 Å². The molecule has 2 aromatic carbocycles. The van der Waals surface area contributed by atoms with Crippen molar-refractivity contribution in [3.63, 3.8) is 0 Å². The average molecular weight is 408 g/mol. The van der Waals surface area contributed by atoms with Gasteiger partial charge in [-0.3, -0.25) is 19.2 Å². The molecule has 1 aliphatic carbocycles. The summed E-state index contributed by atoms with van der Waals surface area (Å²) < 4.78 is 9.35. The zero-order valence-electron chi connectivity index (χ0n) is 16.9. The molecule has 30 heavy (non-hydrogen) atoms. The van der Waals surface area contributed by atoms with Gasteiger partial charge in [0.25, 0.3) is 0 Å². The van der Waals surface area contributed by atoms with E-state index in [1.165, 1.54) is 14.2 Å². The van der Waals surface area contributed by atoms with Crippen LogP contribution in [-0.4, -0.2) is 37.7 Å². The maximum atomic E-state index is 13.1. The smallest absolute Gasteiger partial charge is 0.313 e. The van der Waals surface area contributed by atoms with Crippen LogP contribution in [0.1, 0.15) is 35.8 Å². The van der Waals surface area contributed by atoms with Gasteiger partial charge in [-0.15, -0.1) is 0 Å². The summed E-state index contributed by atoms with van der Waals surface area (Å²) in [4.78, 5) is 49.8. The second kappa shape index (κ2) is 9.48. The Kier molecular flexibility index (Phi) is 6.77. The molecule has 0 aromatic heterocycles. The molecule has 0 amide bonds. The first-order chi connectivity index (χ1) is 14.5. The van der Waals surface area contributed by atoms with E-state index in [1.807, 2.05) is 60.7 Å². The Labute approximate surface area is 175 Å². The highest BCUT2D eigenvalue weighted by molar-refractivity contribution is 6.03. The molecule has 1 aliphatic rings. The molecule has 3 rings (SSSR count). The van der Waals surface area contributed by atoms with Crippen molar-refractivity contribution in [1.29, 1.82) is 0 Å². The molecule has 0 heterocycles. The average Bonchev–Trinajstić information content (AvgIpc) is 2.74. The number of Topliss-reactive ketones (excluding diaryl/α,β-unsaturated/α-hetero) is 2. The molecule has 0 unspecified atom stereocenters. The zero-order valence-corrected chi connectivity index (χ0v) is 16.9. The van der Waals surface area contributed by atoms with E-state index in [1.54, 1.807) is 0 Å². The van der Waals surface area contributed by atoms with Crippen LogP contribution in [-0.2, 0) is 28.7 Å². The van der Waals surface area contributed by atoms with Crippen LogP contribution in [0.15, 0.2) is 60.7 Å². The van der Waals surface area contributed by atoms with E-state index in [4.69, 9.17) is 0 Å². The van der Waals surface area contributed by atoms with Gasteiger partial charge in [0.15, 0.2) is 0 Å². The van der Waals surface area contributed by atoms with Crippen molar-refractivity contribution in [2.75, 3.05) is 14.2 Å². The van der Waals surface area contributed by atoms with E-state index in [2.05, 4.69) is 9.47 Å². The first-order valence-electron chi connectivity index (χ1n) is 9.76. The molecule has 0 N–H and O–H groups in total. The monoisotopic (exact) mass is 408 g/mol. The number of esters is 2. The molecule has 0 spiro atoms. The van der Waals surface area contributed by atoms with Crippen LogP contribution >= 0.6 is 0 Å². The third-order valence-electron chi connectivity index (χ3n) is 5.75. The standard InChI is InChI=1S/C24H24O6/c1-29-19(27)13-17(25)23-21(15-9-5-3-6-10-15)24(18(26)14-20(28)30-2)22(23)16-11-7-4-8-12-16/h3-12,21-24H,13-14H2,1-2H3. The summed E-state index contributed by atoms with van der Waals surface area (Å²) in [5.74, 6) is -3.75. The first kappa shape index (κ1) is 21.4. The Bertz CT molecular complexity index is 836. The maximum Gasteiger partial charge on any atom is 0.313 e. The third kappa shape index (κ3) is 4.32. The van der Waals surface area contributed by atoms with Crippen LogP contribution in [0.4, 0.5) is 0 Å². The second-order valence-corrected chi connectivity index (χ2v) is 7.36. The van der Waals surface area contributed by atoms with Gasteiger partial charge in [-0.1, -0.05) is 60.7 Å². The fraction of sp³-hybridized carbons (Fsp3) is 0.333. The summed E-state index contributed by atoms with van der Waals surface area (Å²) >= 11 is 0. The predicted octanol–water partition coefficient (Wildman–Crippen LogP) is 3.06. The van der Waals surface area contributed by atoms with E-state index in [-0.39, 0.29) is 24.4 Å². The van der Waals surface area contributed by atoms with Gasteiger partial charge in [0.2, 0.25) is 0 Å². The van der Waals surface area contributed by atoms with Crippen molar-refractivity contribution in [2.24, 2.45) is 11.8 Å². The lowest BCUT2D eigenvalue weighted by atomic mass is 9.50. The number of ether oxygens (including phenoxy) is 2. The topological polar surface area (TPSA) is 86.7 Å². The molecule has 6 nitrogen and oxygen atoms in total. The number of hydrogen-bond donors (Lipinski definition) is 0. The van der Waals surface area contributed by atoms with Crippen LogP contribution < -0.4 is 0 Å². The van der Waals surface area contributed by atoms with Gasteiger partial charge >= 0.3 is 11.9 Å². The van der Waals surface area contributed by atoms with Crippen LogP contribution in [0.2, 0.25) is 0 Å². The van der Waals surface area contributed by atoms with Crippen molar-refractivity contribution in [3.05, 3.63) is 71.8 Å². The SMILES string of the molecule is COC(=O)CC(=O)C1C(c2ccccc2)C(C(=O)CC(=O)OC)C1c1ccccc1. The number of methoxy groups -OCH3 is 2. The fourth-order valence-corrected chi connectivity index (χ4v) is 4.39. The molecular weight excluding hydrogens is 384 g/mol. The van der Waals surface area contributed by atoms with Crippen molar-refractivity contribution < 1.29 is 28.7 Å². The summed E-state index contributed by atoms with van der Waals surface area (Å²) in [6.45, 7) is 0. The second-order valence-electron chi connectivity index (χ2n) is 7.36. The summed E-state index contributed by atoms with van der Waals surface area (Å²) in [5, 5.41) is 0. The molecule has 0 aliphatic heterocycles. The maximum absolute atomic E-state index is 13.1. The molecule has 1 saturated carbocycles. The van der Waals surface area contributed by atoms with Crippen molar-refractivity contribution in [2.45, 2.75) is 24.7 Å². The fourth-order valence-electron chi connectivity index (χ4n) is 4.39. The zero-order chi connectivity index (χ0) is 21.7. The number of ketones is 2. The minimum Gasteiger partial charge on any atom is -0.469 e. The molecule has 6 heteroatoms. The number of hydrogen-bond acceptors (Lipinski definition) is 6. The molecule has 0 atom stereocenters. The Hall–Kier alpha value is -3.28. The highest BCUT2D eigenvalue weighted by Gasteiger charge is 2.57. The number of rotatable bonds is 8. The lowest BCUT2D eigenvalue weighted by Crippen LogP contribution is -2.51. The van der Waals surface area contributed by atoms with E-state index >= 15 is 0 Å². The van der Waals surface area contributed by atoms with E-state index in [9.17, 15) is 19.2 Å². The van der Waals surface area contributed by atoms with Gasteiger partial charge in [-0.2, -0.15) is 0 Å². The predicted molar refractivity (Wildman–Crippen MR) is 109 cm³/mol. The van der Waals surface area contributed by atoms with Gasteiger partial charge in [-0.05, 0) is 11.1 Å². The molecule has 156 valence electrons. The highest BCUT2D eigenvalue weighted by atomic mass is 16.5. The molecular formula is C24H24O6. The lowest BCUT2D eigenvalue weighted by molar-refractivity contribution is -0.148. The highest BCUT2D eigenvalue weighted by Crippen LogP contribution is 2.58. The van der Waals surface area contributed by atoms with Gasteiger partial charge in [0.05, 0.1) is 14.2 Å². The molecule has 0 radical (unpaired) electrons. The van der Waals surface area contributed by atoms with Crippen molar-refractivity contribution in [3.8, 4) is 0 Å². The molecule has 0 saturated heterocycles. The van der Waals surface area contributed by atoms with E-state index < -0.39 is 35.6 Å². The summed E-state index contributed by atoms with van der Waals surface area (Å²) in [6, 6.07) is 18.5. The normalized spacial score (nSPS) is 22.5. The van der Waals surface area contributed by atoms with Crippen LogP contribution in [0.5, 0.6) is 0 Å². The molecule has 1 fully saturated rings. The molecule has 2 aromatic rings. The summed E-state index contributed by atoms with van der Waals surface area (Å²) in [6.07, 6.45) is -0.711. The lowest BCUT2D eigenvalue weighted by Gasteiger charge is -2.51. The van der Waals surface area contributed by atoms with Crippen molar-refractivity contribution >= 4 is 23.5 Å². The largest absolute Gasteiger partial charge is 0.469 e. The van der Waals surface area contributed by atoms with Crippen LogP contribution in [0, 0.1) is 11.8 Å². The Balaban J connectivity index is 2.03. The van der Waals surface area contributed by atoms with E-state index in [0.717, 1.165) is 11.1 Å². The van der Waals surface area contributed by atoms with Gasteiger partial charge < -0.3 is 9.47 Å². The Morgan fingerprint density at radius 1 is 0.633 bits per heavy atom. The number of carbonyl (C=O) groups is 4. The summed E-state index contributed by atoms with van der Waals surface area (Å²) in [7, 11) is 2.48. The number of benzene rings is 2. The van der Waals surface area contributed by atoms with Gasteiger partial charge in [-0.25, -0.2) is 0 Å². The quantitative estimate of drug-likeness (QED) is 0.493. The Morgan fingerprint density at radius 2 is 0.967 bits per heavy atom. The summed E-state index contributed by atoms with van der Waals surface area (Å²) in [5.41, 5.74) is 1.66. The van der Waals surface area contributed by atoms with Gasteiger partial charge in [0.1, 0.15) is 24.4 Å². The first-order valence-corrected chi connectivity index (χ1v) is 9.76. The number of carbonyl (C=O) groups excluding carboxylic acids is 4. The van der Waals surface area contributed by atoms with Gasteiger partial charge in [0, 0.05) is 23.7 Å². The van der Waals surface area contributed by atoms with Crippen molar-refractivity contribution in [1.82, 2.24) is 0 Å². The third-order valence-corrected chi connectivity index (χ3v) is 5.75. The Morgan fingerprint density at radius 3 is 1.27 bits per heavy atom. The van der Waals surface area contributed by atoms with Crippen LogP contribution in [0.3, 0.4) is 0 Å².